The minimum absolute atomic E-state index is 0.320. The van der Waals surface area contributed by atoms with Crippen molar-refractivity contribution in [2.45, 2.75) is 32.7 Å². The Morgan fingerprint density at radius 2 is 2.14 bits per heavy atom. The van der Waals surface area contributed by atoms with Crippen molar-refractivity contribution in [2.24, 2.45) is 5.41 Å². The van der Waals surface area contributed by atoms with Gasteiger partial charge < -0.3 is 5.11 Å². The first-order valence-electron chi connectivity index (χ1n) is 7.15. The molecule has 0 saturated carbocycles. The van der Waals surface area contributed by atoms with Crippen molar-refractivity contribution in [3.63, 3.8) is 0 Å². The van der Waals surface area contributed by atoms with Gasteiger partial charge in [-0.05, 0) is 50.6 Å². The summed E-state index contributed by atoms with van der Waals surface area (Å²) in [4.78, 5) is 13.4. The molecule has 1 N–H and O–H groups in total. The zero-order valence-corrected chi connectivity index (χ0v) is 12.1. The van der Waals surface area contributed by atoms with E-state index in [9.17, 15) is 14.3 Å². The van der Waals surface area contributed by atoms with Gasteiger partial charge in [0.2, 0.25) is 0 Å². The van der Waals surface area contributed by atoms with Gasteiger partial charge in [0.25, 0.3) is 0 Å². The Hall–Kier alpha value is -1.93. The van der Waals surface area contributed by atoms with Crippen LogP contribution in [0.4, 0.5) is 4.39 Å². The molecule has 0 radical (unpaired) electrons. The van der Waals surface area contributed by atoms with Gasteiger partial charge in [-0.25, -0.2) is 4.39 Å². The smallest absolute Gasteiger partial charge is 0.309 e. The molecule has 0 atom stereocenters. The Kier molecular flexibility index (Phi) is 4.59. The topological polar surface area (TPSA) is 64.3 Å². The zero-order chi connectivity index (χ0) is 15.5. The molecule has 1 aliphatic rings. The fourth-order valence-corrected chi connectivity index (χ4v) is 2.86. The molecule has 1 aliphatic heterocycles. The molecule has 0 unspecified atom stereocenters. The number of aliphatic carboxylic acids is 1. The van der Waals surface area contributed by atoms with Crippen LogP contribution in [0.5, 0.6) is 0 Å². The van der Waals surface area contributed by atoms with E-state index in [1.54, 1.807) is 6.07 Å². The number of piperidine rings is 1. The van der Waals surface area contributed by atoms with Crippen molar-refractivity contribution in [1.29, 1.82) is 5.26 Å². The summed E-state index contributed by atoms with van der Waals surface area (Å²) in [6, 6.07) is 6.34. The number of halogens is 1. The second kappa shape index (κ2) is 6.23. The third-order valence-electron chi connectivity index (χ3n) is 4.51. The maximum Gasteiger partial charge on any atom is 0.309 e. The van der Waals surface area contributed by atoms with Crippen LogP contribution in [0, 0.1) is 22.6 Å². The molecule has 4 nitrogen and oxygen atoms in total. The quantitative estimate of drug-likeness (QED) is 0.926. The van der Waals surface area contributed by atoms with Gasteiger partial charge in [-0.1, -0.05) is 6.92 Å². The molecule has 0 spiro atoms. The highest BCUT2D eigenvalue weighted by Crippen LogP contribution is 2.35. The SMILES string of the molecule is CCC1(C(=O)O)CCN(Cc2cc(C#N)ccc2F)CC1. The monoisotopic (exact) mass is 290 g/mol. The van der Waals surface area contributed by atoms with Crippen molar-refractivity contribution in [3.8, 4) is 6.07 Å². The van der Waals surface area contributed by atoms with Gasteiger partial charge >= 0.3 is 5.97 Å². The van der Waals surface area contributed by atoms with E-state index >= 15 is 0 Å². The second-order valence-electron chi connectivity index (χ2n) is 5.63. The number of hydrogen-bond donors (Lipinski definition) is 1. The van der Waals surface area contributed by atoms with E-state index in [4.69, 9.17) is 5.26 Å². The highest BCUT2D eigenvalue weighted by Gasteiger charge is 2.39. The van der Waals surface area contributed by atoms with Crippen molar-refractivity contribution >= 4 is 5.97 Å². The van der Waals surface area contributed by atoms with Gasteiger partial charge in [0.1, 0.15) is 5.82 Å². The van der Waals surface area contributed by atoms with E-state index in [0.717, 1.165) is 0 Å². The van der Waals surface area contributed by atoms with E-state index in [2.05, 4.69) is 4.90 Å². The molecule has 0 aliphatic carbocycles. The number of hydrogen-bond acceptors (Lipinski definition) is 3. The molecule has 1 saturated heterocycles. The second-order valence-corrected chi connectivity index (χ2v) is 5.63. The number of rotatable bonds is 4. The number of nitrogens with zero attached hydrogens (tertiary/aromatic N) is 2. The molecule has 0 amide bonds. The molecule has 0 bridgehead atoms. The van der Waals surface area contributed by atoms with Crippen LogP contribution < -0.4 is 0 Å². The van der Waals surface area contributed by atoms with Gasteiger partial charge in [0, 0.05) is 12.1 Å². The number of nitriles is 1. The van der Waals surface area contributed by atoms with Crippen molar-refractivity contribution in [2.75, 3.05) is 13.1 Å². The molecule has 5 heteroatoms. The fourth-order valence-electron chi connectivity index (χ4n) is 2.86. The molecule has 2 rings (SSSR count). The van der Waals surface area contributed by atoms with E-state index in [1.807, 2.05) is 13.0 Å². The van der Waals surface area contributed by atoms with Crippen LogP contribution in [-0.2, 0) is 11.3 Å². The molecule has 1 fully saturated rings. The normalized spacial score (nSPS) is 18.1. The average molecular weight is 290 g/mol. The van der Waals surface area contributed by atoms with Crippen LogP contribution in [0.2, 0.25) is 0 Å². The van der Waals surface area contributed by atoms with Crippen LogP contribution in [0.25, 0.3) is 0 Å². The summed E-state index contributed by atoms with van der Waals surface area (Å²) < 4.78 is 13.8. The first-order valence-corrected chi connectivity index (χ1v) is 7.15. The number of carbonyl (C=O) groups is 1. The Bertz CT molecular complexity index is 572. The maximum absolute atomic E-state index is 13.8. The number of carboxylic acid groups (broad SMARTS) is 1. The summed E-state index contributed by atoms with van der Waals surface area (Å²) >= 11 is 0. The molecular formula is C16H19FN2O2. The lowest BCUT2D eigenvalue weighted by molar-refractivity contribution is -0.152. The van der Waals surface area contributed by atoms with Crippen LogP contribution in [0.3, 0.4) is 0 Å². The molecule has 1 heterocycles. The van der Waals surface area contributed by atoms with Crippen molar-refractivity contribution < 1.29 is 14.3 Å². The molecule has 112 valence electrons. The predicted octanol–water partition coefficient (Wildman–Crippen LogP) is 2.77. The first-order chi connectivity index (χ1) is 10.0. The van der Waals surface area contributed by atoms with Gasteiger partial charge in [0.15, 0.2) is 0 Å². The zero-order valence-electron chi connectivity index (χ0n) is 12.1. The largest absolute Gasteiger partial charge is 0.481 e. The third kappa shape index (κ3) is 3.22. The van der Waals surface area contributed by atoms with E-state index in [1.165, 1.54) is 12.1 Å². The molecule has 1 aromatic rings. The summed E-state index contributed by atoms with van der Waals surface area (Å²) in [6.07, 6.45) is 1.78. The van der Waals surface area contributed by atoms with Crippen LogP contribution in [0.15, 0.2) is 18.2 Å². The minimum Gasteiger partial charge on any atom is -0.481 e. The van der Waals surface area contributed by atoms with Crippen LogP contribution >= 0.6 is 0 Å². The van der Waals surface area contributed by atoms with Crippen LogP contribution in [0.1, 0.15) is 37.3 Å². The van der Waals surface area contributed by atoms with Gasteiger partial charge in [0.05, 0.1) is 17.0 Å². The highest BCUT2D eigenvalue weighted by atomic mass is 19.1. The lowest BCUT2D eigenvalue weighted by atomic mass is 9.76. The maximum atomic E-state index is 13.8. The standard InChI is InChI=1S/C16H19FN2O2/c1-2-16(15(20)21)5-7-19(8-6-16)11-13-9-12(10-18)3-4-14(13)17/h3-4,9H,2,5-8,11H2,1H3,(H,20,21). The van der Waals surface area contributed by atoms with E-state index in [0.29, 0.717) is 50.0 Å². The lowest BCUT2D eigenvalue weighted by Gasteiger charge is -2.38. The fraction of sp³-hybridized carbons (Fsp3) is 0.500. The van der Waals surface area contributed by atoms with Crippen LogP contribution in [-0.4, -0.2) is 29.1 Å². The van der Waals surface area contributed by atoms with E-state index < -0.39 is 11.4 Å². The predicted molar refractivity (Wildman–Crippen MR) is 76.0 cm³/mol. The highest BCUT2D eigenvalue weighted by molar-refractivity contribution is 5.74. The molecule has 21 heavy (non-hydrogen) atoms. The Balaban J connectivity index is 2.04. The Morgan fingerprint density at radius 1 is 1.48 bits per heavy atom. The van der Waals surface area contributed by atoms with Crippen molar-refractivity contribution in [1.82, 2.24) is 4.90 Å². The minimum atomic E-state index is -0.734. The Labute approximate surface area is 123 Å². The summed E-state index contributed by atoms with van der Waals surface area (Å²) in [5, 5.41) is 18.2. The summed E-state index contributed by atoms with van der Waals surface area (Å²) in [7, 11) is 0. The summed E-state index contributed by atoms with van der Waals surface area (Å²) in [5.41, 5.74) is 0.300. The molecule has 1 aromatic carbocycles. The average Bonchev–Trinajstić information content (AvgIpc) is 2.50. The van der Waals surface area contributed by atoms with Gasteiger partial charge in [-0.2, -0.15) is 5.26 Å². The van der Waals surface area contributed by atoms with Gasteiger partial charge in [-0.3, -0.25) is 9.69 Å². The number of benzene rings is 1. The third-order valence-corrected chi connectivity index (χ3v) is 4.51. The van der Waals surface area contributed by atoms with Gasteiger partial charge in [-0.15, -0.1) is 0 Å². The van der Waals surface area contributed by atoms with Crippen molar-refractivity contribution in [3.05, 3.63) is 35.1 Å². The molecular weight excluding hydrogens is 271 g/mol. The lowest BCUT2D eigenvalue weighted by Crippen LogP contribution is -2.43. The summed E-state index contributed by atoms with van der Waals surface area (Å²) in [6.45, 7) is 3.59. The summed E-state index contributed by atoms with van der Waals surface area (Å²) in [5.74, 6) is -1.05. The van der Waals surface area contributed by atoms with E-state index in [-0.39, 0.29) is 5.82 Å². The Morgan fingerprint density at radius 3 is 2.67 bits per heavy atom. The number of carboxylic acids is 1. The number of likely N-dealkylation sites (tertiary alicyclic amines) is 1. The molecule has 0 aromatic heterocycles. The first kappa shape index (κ1) is 15.5.